The number of carbonyl (C=O) groups excluding carboxylic acids is 2. The number of hydrogen-bond donors (Lipinski definition) is 0. The van der Waals surface area contributed by atoms with Gasteiger partial charge in [0.05, 0.1) is 7.11 Å². The van der Waals surface area contributed by atoms with Crippen molar-refractivity contribution in [2.45, 2.75) is 13.5 Å². The lowest BCUT2D eigenvalue weighted by Gasteiger charge is -2.07. The van der Waals surface area contributed by atoms with Gasteiger partial charge in [-0.2, -0.15) is 0 Å². The van der Waals surface area contributed by atoms with Gasteiger partial charge in [0.25, 0.3) is 0 Å². The first-order valence-electron chi connectivity index (χ1n) is 7.17. The van der Waals surface area contributed by atoms with Crippen molar-refractivity contribution >= 4 is 17.8 Å². The van der Waals surface area contributed by atoms with Gasteiger partial charge in [0.1, 0.15) is 12.4 Å². The van der Waals surface area contributed by atoms with Crippen LogP contribution in [-0.4, -0.2) is 18.9 Å². The Morgan fingerprint density at radius 1 is 1.00 bits per heavy atom. The summed E-state index contributed by atoms with van der Waals surface area (Å²) in [5.41, 5.74) is 2.58. The number of esters is 1. The van der Waals surface area contributed by atoms with E-state index in [0.717, 1.165) is 11.1 Å². The largest absolute Gasteiger partial charge is 0.489 e. The second-order valence-electron chi connectivity index (χ2n) is 4.97. The van der Waals surface area contributed by atoms with Crippen LogP contribution in [0.3, 0.4) is 0 Å². The third kappa shape index (κ3) is 5.11. The Kier molecular flexibility index (Phi) is 5.69. The summed E-state index contributed by atoms with van der Waals surface area (Å²) in [5.74, 6) is 0.364. The molecule has 0 atom stereocenters. The molecular weight excluding hydrogens is 292 g/mol. The Morgan fingerprint density at radius 2 is 1.65 bits per heavy atom. The lowest BCUT2D eigenvalue weighted by atomic mass is 10.1. The van der Waals surface area contributed by atoms with E-state index in [9.17, 15) is 9.59 Å². The summed E-state index contributed by atoms with van der Waals surface area (Å²) >= 11 is 0. The summed E-state index contributed by atoms with van der Waals surface area (Å²) in [6.45, 7) is 1.96. The average molecular weight is 310 g/mol. The van der Waals surface area contributed by atoms with Gasteiger partial charge in [-0.1, -0.05) is 24.3 Å². The number of hydrogen-bond acceptors (Lipinski definition) is 4. The van der Waals surface area contributed by atoms with Crippen LogP contribution in [0.4, 0.5) is 0 Å². The number of Topliss-reactive ketones (excluding diaryl/α,β-unsaturated/α-hetero) is 1. The number of ether oxygens (including phenoxy) is 2. The fourth-order valence-corrected chi connectivity index (χ4v) is 1.91. The minimum absolute atomic E-state index is 0.0344. The molecule has 0 heterocycles. The quantitative estimate of drug-likeness (QED) is 0.464. The molecule has 0 aliphatic rings. The van der Waals surface area contributed by atoms with Crippen molar-refractivity contribution < 1.29 is 19.1 Å². The van der Waals surface area contributed by atoms with E-state index >= 15 is 0 Å². The van der Waals surface area contributed by atoms with Crippen LogP contribution in [0.25, 0.3) is 6.08 Å². The van der Waals surface area contributed by atoms with Gasteiger partial charge < -0.3 is 9.47 Å². The molecule has 0 amide bonds. The smallest absolute Gasteiger partial charge is 0.330 e. The van der Waals surface area contributed by atoms with Gasteiger partial charge in [0.2, 0.25) is 0 Å². The highest BCUT2D eigenvalue weighted by molar-refractivity contribution is 5.94. The minimum atomic E-state index is -0.383. The maximum Gasteiger partial charge on any atom is 0.330 e. The van der Waals surface area contributed by atoms with Gasteiger partial charge in [-0.3, -0.25) is 4.79 Å². The average Bonchev–Trinajstić information content (AvgIpc) is 2.59. The normalized spacial score (nSPS) is 10.5. The summed E-state index contributed by atoms with van der Waals surface area (Å²) in [4.78, 5) is 22.2. The van der Waals surface area contributed by atoms with E-state index in [1.807, 2.05) is 24.3 Å². The van der Waals surface area contributed by atoms with Crippen molar-refractivity contribution in [3.63, 3.8) is 0 Å². The molecule has 0 aliphatic carbocycles. The van der Waals surface area contributed by atoms with Crippen LogP contribution in [0.15, 0.2) is 54.6 Å². The van der Waals surface area contributed by atoms with E-state index in [0.29, 0.717) is 17.9 Å². The Morgan fingerprint density at radius 3 is 2.22 bits per heavy atom. The summed E-state index contributed by atoms with van der Waals surface area (Å²) in [6.07, 6.45) is 3.07. The zero-order valence-electron chi connectivity index (χ0n) is 13.1. The number of rotatable bonds is 6. The van der Waals surface area contributed by atoms with Crippen molar-refractivity contribution in [2.75, 3.05) is 7.11 Å². The van der Waals surface area contributed by atoms with Crippen LogP contribution < -0.4 is 4.74 Å². The standard InChI is InChI=1S/C19H18O4/c1-14(20)17-8-10-18(11-9-17)23-13-16-5-3-15(4-6-16)7-12-19(21)22-2/h3-12H,13H2,1-2H3/b12-7+. The first kappa shape index (κ1) is 16.5. The highest BCUT2D eigenvalue weighted by atomic mass is 16.5. The summed E-state index contributed by atoms with van der Waals surface area (Å²) < 4.78 is 10.2. The first-order chi connectivity index (χ1) is 11.1. The van der Waals surface area contributed by atoms with Gasteiger partial charge in [-0.25, -0.2) is 4.79 Å². The molecule has 0 fully saturated rings. The molecule has 0 saturated carbocycles. The number of ketones is 1. The predicted octanol–water partition coefficient (Wildman–Crippen LogP) is 3.65. The van der Waals surface area contributed by atoms with E-state index in [-0.39, 0.29) is 11.8 Å². The minimum Gasteiger partial charge on any atom is -0.489 e. The highest BCUT2D eigenvalue weighted by Crippen LogP contribution is 2.15. The van der Waals surface area contributed by atoms with Crippen LogP contribution in [0.1, 0.15) is 28.4 Å². The molecule has 0 N–H and O–H groups in total. The molecule has 2 rings (SSSR count). The van der Waals surface area contributed by atoms with Crippen molar-refractivity contribution in [3.05, 3.63) is 71.3 Å². The Labute approximate surface area is 135 Å². The fraction of sp³-hybridized carbons (Fsp3) is 0.158. The Hall–Kier alpha value is -2.88. The molecule has 4 heteroatoms. The Balaban J connectivity index is 1.92. The van der Waals surface area contributed by atoms with Crippen molar-refractivity contribution in [3.8, 4) is 5.75 Å². The van der Waals surface area contributed by atoms with Crippen LogP contribution in [0, 0.1) is 0 Å². The lowest BCUT2D eigenvalue weighted by molar-refractivity contribution is -0.134. The molecule has 0 radical (unpaired) electrons. The zero-order chi connectivity index (χ0) is 16.7. The molecule has 23 heavy (non-hydrogen) atoms. The van der Waals surface area contributed by atoms with Crippen LogP contribution >= 0.6 is 0 Å². The van der Waals surface area contributed by atoms with E-state index in [1.165, 1.54) is 20.1 Å². The molecule has 118 valence electrons. The molecular formula is C19H18O4. The molecule has 0 saturated heterocycles. The van der Waals surface area contributed by atoms with E-state index in [2.05, 4.69) is 4.74 Å². The summed E-state index contributed by atoms with van der Waals surface area (Å²) in [6, 6.07) is 14.7. The Bertz CT molecular complexity index is 697. The van der Waals surface area contributed by atoms with Crippen LogP contribution in [0.2, 0.25) is 0 Å². The van der Waals surface area contributed by atoms with Gasteiger partial charge in [-0.15, -0.1) is 0 Å². The van der Waals surface area contributed by atoms with Crippen LogP contribution in [-0.2, 0) is 16.1 Å². The maximum atomic E-state index is 11.2. The second kappa shape index (κ2) is 7.94. The first-order valence-corrected chi connectivity index (χ1v) is 7.17. The van der Waals surface area contributed by atoms with Gasteiger partial charge in [0, 0.05) is 11.6 Å². The SMILES string of the molecule is COC(=O)/C=C/c1ccc(COc2ccc(C(C)=O)cc2)cc1. The van der Waals surface area contributed by atoms with E-state index in [4.69, 9.17) is 4.74 Å². The molecule has 0 spiro atoms. The number of methoxy groups -OCH3 is 1. The van der Waals surface area contributed by atoms with E-state index < -0.39 is 0 Å². The van der Waals surface area contributed by atoms with Gasteiger partial charge in [0.15, 0.2) is 5.78 Å². The third-order valence-corrected chi connectivity index (χ3v) is 3.26. The molecule has 0 bridgehead atoms. The number of benzene rings is 2. The predicted molar refractivity (Wildman–Crippen MR) is 88.3 cm³/mol. The number of carbonyl (C=O) groups is 2. The lowest BCUT2D eigenvalue weighted by Crippen LogP contribution is -1.97. The van der Waals surface area contributed by atoms with Crippen molar-refractivity contribution in [1.82, 2.24) is 0 Å². The van der Waals surface area contributed by atoms with Crippen LogP contribution in [0.5, 0.6) is 5.75 Å². The molecule has 4 nitrogen and oxygen atoms in total. The van der Waals surface area contributed by atoms with Crippen molar-refractivity contribution in [1.29, 1.82) is 0 Å². The monoisotopic (exact) mass is 310 g/mol. The zero-order valence-corrected chi connectivity index (χ0v) is 13.1. The van der Waals surface area contributed by atoms with Gasteiger partial charge in [-0.05, 0) is 48.4 Å². The third-order valence-electron chi connectivity index (χ3n) is 3.26. The maximum absolute atomic E-state index is 11.2. The molecule has 0 aromatic heterocycles. The molecule has 0 unspecified atom stereocenters. The molecule has 2 aromatic rings. The summed E-state index contributed by atoms with van der Waals surface area (Å²) in [5, 5.41) is 0. The topological polar surface area (TPSA) is 52.6 Å². The van der Waals surface area contributed by atoms with Crippen molar-refractivity contribution in [2.24, 2.45) is 0 Å². The van der Waals surface area contributed by atoms with E-state index in [1.54, 1.807) is 30.3 Å². The summed E-state index contributed by atoms with van der Waals surface area (Å²) in [7, 11) is 1.34. The second-order valence-corrected chi connectivity index (χ2v) is 4.97. The fourth-order valence-electron chi connectivity index (χ4n) is 1.91. The highest BCUT2D eigenvalue weighted by Gasteiger charge is 2.00. The van der Waals surface area contributed by atoms with Gasteiger partial charge >= 0.3 is 5.97 Å². The molecule has 0 aliphatic heterocycles. The molecule has 2 aromatic carbocycles.